The summed E-state index contributed by atoms with van der Waals surface area (Å²) in [5.74, 6) is 0.449. The van der Waals surface area contributed by atoms with Crippen molar-refractivity contribution in [3.63, 3.8) is 0 Å². The van der Waals surface area contributed by atoms with E-state index in [1.54, 1.807) is 17.5 Å². The first-order valence-corrected chi connectivity index (χ1v) is 8.24. The summed E-state index contributed by atoms with van der Waals surface area (Å²) in [6.07, 6.45) is 2.55. The Morgan fingerprint density at radius 3 is 3.00 bits per heavy atom. The summed E-state index contributed by atoms with van der Waals surface area (Å²) < 4.78 is 0.943. The van der Waals surface area contributed by atoms with E-state index >= 15 is 0 Å². The number of pyridine rings is 1. The summed E-state index contributed by atoms with van der Waals surface area (Å²) in [6, 6.07) is 3.95. The number of carbonyl (C=O) groups is 1. The maximum Gasteiger partial charge on any atom is 0.230 e. The van der Waals surface area contributed by atoms with Crippen molar-refractivity contribution in [1.82, 2.24) is 15.3 Å². The molecule has 0 saturated heterocycles. The number of hydrogen-bond acceptors (Lipinski definition) is 5. The van der Waals surface area contributed by atoms with E-state index in [9.17, 15) is 4.79 Å². The summed E-state index contributed by atoms with van der Waals surface area (Å²) in [4.78, 5) is 20.3. The van der Waals surface area contributed by atoms with Gasteiger partial charge in [-0.25, -0.2) is 4.98 Å². The van der Waals surface area contributed by atoms with Crippen LogP contribution in [0.4, 0.5) is 0 Å². The van der Waals surface area contributed by atoms with E-state index in [1.165, 1.54) is 11.8 Å². The largest absolute Gasteiger partial charge is 0.355 e. The van der Waals surface area contributed by atoms with Gasteiger partial charge in [0.25, 0.3) is 0 Å². The van der Waals surface area contributed by atoms with E-state index in [2.05, 4.69) is 15.3 Å². The van der Waals surface area contributed by atoms with Crippen molar-refractivity contribution in [2.75, 3.05) is 12.3 Å². The van der Waals surface area contributed by atoms with Crippen LogP contribution in [0.25, 0.3) is 0 Å². The molecule has 1 N–H and O–H groups in total. The minimum atomic E-state index is 0.0384. The lowest BCUT2D eigenvalue weighted by atomic mass is 10.2. The van der Waals surface area contributed by atoms with Crippen LogP contribution in [0.2, 0.25) is 0 Å². The van der Waals surface area contributed by atoms with Crippen LogP contribution in [-0.2, 0) is 11.2 Å². The van der Waals surface area contributed by atoms with Crippen molar-refractivity contribution in [3.05, 3.63) is 40.7 Å². The SMILES string of the molecule is Cc1csc(SCC(=O)NCCc2ncccc2C)n1. The van der Waals surface area contributed by atoms with E-state index in [0.717, 1.165) is 27.7 Å². The highest BCUT2D eigenvalue weighted by atomic mass is 32.2. The van der Waals surface area contributed by atoms with Crippen molar-refractivity contribution in [2.45, 2.75) is 24.6 Å². The van der Waals surface area contributed by atoms with Gasteiger partial charge in [-0.15, -0.1) is 11.3 Å². The van der Waals surface area contributed by atoms with Crippen LogP contribution in [0, 0.1) is 13.8 Å². The highest BCUT2D eigenvalue weighted by molar-refractivity contribution is 8.01. The molecular formula is C14H17N3OS2. The van der Waals surface area contributed by atoms with Crippen molar-refractivity contribution >= 4 is 29.0 Å². The van der Waals surface area contributed by atoms with Gasteiger partial charge in [0.05, 0.1) is 5.75 Å². The van der Waals surface area contributed by atoms with Gasteiger partial charge in [0.2, 0.25) is 5.91 Å². The second kappa shape index (κ2) is 7.40. The first kappa shape index (κ1) is 15.0. The Morgan fingerprint density at radius 1 is 1.45 bits per heavy atom. The van der Waals surface area contributed by atoms with Crippen molar-refractivity contribution < 1.29 is 4.79 Å². The Labute approximate surface area is 127 Å². The Hall–Kier alpha value is -1.40. The summed E-state index contributed by atoms with van der Waals surface area (Å²) in [5, 5.41) is 4.90. The van der Waals surface area contributed by atoms with Crippen LogP contribution in [0.15, 0.2) is 28.0 Å². The fourth-order valence-corrected chi connectivity index (χ4v) is 3.36. The van der Waals surface area contributed by atoms with Crippen LogP contribution in [0.3, 0.4) is 0 Å². The van der Waals surface area contributed by atoms with Gasteiger partial charge < -0.3 is 5.32 Å². The molecule has 0 aliphatic heterocycles. The third-order valence-corrected chi connectivity index (χ3v) is 4.87. The van der Waals surface area contributed by atoms with Crippen LogP contribution in [0.5, 0.6) is 0 Å². The molecule has 1 amide bonds. The molecule has 2 heterocycles. The number of amides is 1. The Balaban J connectivity index is 1.69. The minimum absolute atomic E-state index is 0.0384. The second-order valence-corrected chi connectivity index (χ2v) is 6.49. The fraction of sp³-hybridized carbons (Fsp3) is 0.357. The molecule has 20 heavy (non-hydrogen) atoms. The normalized spacial score (nSPS) is 10.5. The highest BCUT2D eigenvalue weighted by Gasteiger charge is 2.06. The van der Waals surface area contributed by atoms with Gasteiger partial charge in [0.15, 0.2) is 4.34 Å². The van der Waals surface area contributed by atoms with Crippen molar-refractivity contribution in [3.8, 4) is 0 Å². The van der Waals surface area contributed by atoms with Gasteiger partial charge >= 0.3 is 0 Å². The number of thioether (sulfide) groups is 1. The zero-order valence-corrected chi connectivity index (χ0v) is 13.2. The molecule has 2 aromatic rings. The van der Waals surface area contributed by atoms with Crippen LogP contribution in [-0.4, -0.2) is 28.2 Å². The topological polar surface area (TPSA) is 54.9 Å². The summed E-state index contributed by atoms with van der Waals surface area (Å²) in [6.45, 7) is 4.61. The van der Waals surface area contributed by atoms with Crippen LogP contribution in [0.1, 0.15) is 17.0 Å². The lowest BCUT2D eigenvalue weighted by molar-refractivity contribution is -0.118. The van der Waals surface area contributed by atoms with Crippen molar-refractivity contribution in [2.24, 2.45) is 0 Å². The molecule has 6 heteroatoms. The summed E-state index contributed by atoms with van der Waals surface area (Å²) >= 11 is 3.05. The number of nitrogens with one attached hydrogen (secondary N) is 1. The predicted octanol–water partition coefficient (Wildman–Crippen LogP) is 2.61. The molecule has 0 radical (unpaired) electrons. The molecule has 0 aliphatic carbocycles. The van der Waals surface area contributed by atoms with Crippen LogP contribution >= 0.6 is 23.1 Å². The number of aromatic nitrogens is 2. The molecule has 0 fully saturated rings. The number of nitrogens with zero attached hydrogens (tertiary/aromatic N) is 2. The average Bonchev–Trinajstić information content (AvgIpc) is 2.84. The third-order valence-electron chi connectivity index (χ3n) is 2.73. The first-order valence-electron chi connectivity index (χ1n) is 6.37. The average molecular weight is 307 g/mol. The highest BCUT2D eigenvalue weighted by Crippen LogP contribution is 2.21. The number of rotatable bonds is 6. The number of carbonyl (C=O) groups excluding carboxylic acids is 1. The zero-order valence-electron chi connectivity index (χ0n) is 11.5. The van der Waals surface area contributed by atoms with E-state index in [0.29, 0.717) is 12.3 Å². The maximum atomic E-state index is 11.7. The molecule has 0 saturated carbocycles. The van der Waals surface area contributed by atoms with E-state index in [-0.39, 0.29) is 5.91 Å². The molecule has 4 nitrogen and oxygen atoms in total. The monoisotopic (exact) mass is 307 g/mol. The first-order chi connectivity index (χ1) is 9.65. The van der Waals surface area contributed by atoms with Gasteiger partial charge in [0, 0.05) is 35.9 Å². The van der Waals surface area contributed by atoms with E-state index in [4.69, 9.17) is 0 Å². The molecule has 0 aliphatic rings. The van der Waals surface area contributed by atoms with Gasteiger partial charge in [-0.2, -0.15) is 0 Å². The molecular weight excluding hydrogens is 290 g/mol. The van der Waals surface area contributed by atoms with Crippen LogP contribution < -0.4 is 5.32 Å². The summed E-state index contributed by atoms with van der Waals surface area (Å²) in [7, 11) is 0. The maximum absolute atomic E-state index is 11.7. The number of thiazole rings is 1. The van der Waals surface area contributed by atoms with E-state index < -0.39 is 0 Å². The minimum Gasteiger partial charge on any atom is -0.355 e. The Kier molecular flexibility index (Phi) is 5.55. The van der Waals surface area contributed by atoms with Gasteiger partial charge in [-0.1, -0.05) is 17.8 Å². The standard InChI is InChI=1S/C14H17N3OS2/c1-10-4-3-6-15-12(10)5-7-16-13(18)9-20-14-17-11(2)8-19-14/h3-4,6,8H,5,7,9H2,1-2H3,(H,16,18). The van der Waals surface area contributed by atoms with Gasteiger partial charge in [-0.3, -0.25) is 9.78 Å². The Bertz CT molecular complexity index is 583. The number of aryl methyl sites for hydroxylation is 2. The fourth-order valence-electron chi connectivity index (χ4n) is 1.68. The quantitative estimate of drug-likeness (QED) is 0.834. The molecule has 0 bridgehead atoms. The molecule has 2 aromatic heterocycles. The van der Waals surface area contributed by atoms with Crippen molar-refractivity contribution in [1.29, 1.82) is 0 Å². The lowest BCUT2D eigenvalue weighted by Gasteiger charge is -2.06. The third kappa shape index (κ3) is 4.61. The zero-order chi connectivity index (χ0) is 14.4. The van der Waals surface area contributed by atoms with E-state index in [1.807, 2.05) is 31.4 Å². The van der Waals surface area contributed by atoms with Gasteiger partial charge in [-0.05, 0) is 25.5 Å². The second-order valence-electron chi connectivity index (χ2n) is 4.41. The molecule has 0 spiro atoms. The predicted molar refractivity (Wildman–Crippen MR) is 83.3 cm³/mol. The Morgan fingerprint density at radius 2 is 2.30 bits per heavy atom. The molecule has 0 aromatic carbocycles. The molecule has 0 atom stereocenters. The molecule has 106 valence electrons. The molecule has 2 rings (SSSR count). The number of hydrogen-bond donors (Lipinski definition) is 1. The smallest absolute Gasteiger partial charge is 0.230 e. The molecule has 0 unspecified atom stereocenters. The summed E-state index contributed by atoms with van der Waals surface area (Å²) in [5.41, 5.74) is 3.20. The van der Waals surface area contributed by atoms with Gasteiger partial charge in [0.1, 0.15) is 0 Å². The lowest BCUT2D eigenvalue weighted by Crippen LogP contribution is -2.27.